The van der Waals surface area contributed by atoms with Crippen molar-refractivity contribution in [2.45, 2.75) is 64.7 Å². The molecule has 3 aromatic rings. The van der Waals surface area contributed by atoms with E-state index < -0.39 is 45.9 Å². The lowest BCUT2D eigenvalue weighted by atomic mass is 10.0. The molecule has 0 aliphatic rings. The van der Waals surface area contributed by atoms with Gasteiger partial charge in [-0.2, -0.15) is 5.26 Å². The number of nitriles is 1. The average molecular weight is 732 g/mol. The van der Waals surface area contributed by atoms with Crippen LogP contribution in [0, 0.1) is 17.2 Å². The van der Waals surface area contributed by atoms with Crippen LogP contribution in [0.4, 0.5) is 5.69 Å². The van der Waals surface area contributed by atoms with Gasteiger partial charge < -0.3 is 26.6 Å². The molecule has 0 bridgehead atoms. The monoisotopic (exact) mass is 731 g/mol. The SMILES string of the molecule is CCNC(=O)[C@@H](NC(=O)[C@H](CC#N)NC[C@H](Cc1ccccc1)NC(=O)c1cc(C(=O)N[C@H](C)c2ccccc2)cc(N(C)S(C)(=O)=O)c1)C(C)C. The molecular weight excluding hydrogens is 683 g/mol. The molecule has 0 saturated heterocycles. The lowest BCUT2D eigenvalue weighted by Crippen LogP contribution is -2.56. The summed E-state index contributed by atoms with van der Waals surface area (Å²) in [7, 11) is -2.42. The fraction of sp³-hybridized carbons (Fsp3) is 0.395. The number of likely N-dealkylation sites (N-methyl/N-ethyl adjacent to an activating group) is 1. The lowest BCUT2D eigenvalue weighted by Gasteiger charge is -2.26. The topological polar surface area (TPSA) is 190 Å². The van der Waals surface area contributed by atoms with Crippen molar-refractivity contribution in [3.63, 3.8) is 0 Å². The second kappa shape index (κ2) is 19.4. The third-order valence-electron chi connectivity index (χ3n) is 8.43. The third-order valence-corrected chi connectivity index (χ3v) is 9.64. The van der Waals surface area contributed by atoms with Crippen LogP contribution in [0.5, 0.6) is 0 Å². The van der Waals surface area contributed by atoms with Crippen LogP contribution in [0.2, 0.25) is 0 Å². The Morgan fingerprint density at radius 1 is 0.827 bits per heavy atom. The first kappa shape index (κ1) is 41.2. The quantitative estimate of drug-likeness (QED) is 0.132. The van der Waals surface area contributed by atoms with Crippen LogP contribution < -0.4 is 30.9 Å². The van der Waals surface area contributed by atoms with Crippen molar-refractivity contribution in [2.24, 2.45) is 5.92 Å². The summed E-state index contributed by atoms with van der Waals surface area (Å²) in [5.41, 5.74) is 1.98. The van der Waals surface area contributed by atoms with Crippen molar-refractivity contribution in [1.29, 1.82) is 5.26 Å². The number of hydrogen-bond donors (Lipinski definition) is 5. The lowest BCUT2D eigenvalue weighted by molar-refractivity contribution is -0.131. The first-order valence-corrected chi connectivity index (χ1v) is 19.0. The van der Waals surface area contributed by atoms with Crippen molar-refractivity contribution in [3.8, 4) is 6.07 Å². The maximum atomic E-state index is 13.9. The summed E-state index contributed by atoms with van der Waals surface area (Å²) in [6.07, 6.45) is 1.16. The smallest absolute Gasteiger partial charge is 0.251 e. The predicted molar refractivity (Wildman–Crippen MR) is 201 cm³/mol. The highest BCUT2D eigenvalue weighted by molar-refractivity contribution is 7.92. The van der Waals surface area contributed by atoms with Crippen LogP contribution in [0.1, 0.15) is 72.0 Å². The largest absolute Gasteiger partial charge is 0.355 e. The Hall–Kier alpha value is -5.26. The highest BCUT2D eigenvalue weighted by Gasteiger charge is 2.28. The van der Waals surface area contributed by atoms with Crippen LogP contribution in [0.3, 0.4) is 0 Å². The van der Waals surface area contributed by atoms with Gasteiger partial charge in [0.05, 0.1) is 36.5 Å². The fourth-order valence-electron chi connectivity index (χ4n) is 5.40. The molecule has 0 aromatic heterocycles. The van der Waals surface area contributed by atoms with Crippen LogP contribution in [-0.2, 0) is 26.0 Å². The summed E-state index contributed by atoms with van der Waals surface area (Å²) in [5, 5.41) is 24.0. The Morgan fingerprint density at radius 3 is 1.94 bits per heavy atom. The normalized spacial score (nSPS) is 13.5. The van der Waals surface area contributed by atoms with E-state index in [0.29, 0.717) is 13.0 Å². The maximum absolute atomic E-state index is 13.9. The summed E-state index contributed by atoms with van der Waals surface area (Å²) in [6.45, 7) is 7.65. The first-order valence-electron chi connectivity index (χ1n) is 17.1. The molecule has 52 heavy (non-hydrogen) atoms. The van der Waals surface area contributed by atoms with E-state index in [1.54, 1.807) is 20.8 Å². The van der Waals surface area contributed by atoms with E-state index in [4.69, 9.17) is 0 Å². The van der Waals surface area contributed by atoms with Gasteiger partial charge in [-0.25, -0.2) is 8.42 Å². The number of nitrogens with one attached hydrogen (secondary N) is 5. The van der Waals surface area contributed by atoms with Crippen molar-refractivity contribution in [2.75, 3.05) is 30.7 Å². The third kappa shape index (κ3) is 12.2. The molecule has 0 spiro atoms. The Bertz CT molecular complexity index is 1830. The Balaban J connectivity index is 1.91. The number of benzene rings is 3. The van der Waals surface area contributed by atoms with Gasteiger partial charge in [0.15, 0.2) is 0 Å². The minimum absolute atomic E-state index is 0.0385. The molecule has 13 nitrogen and oxygen atoms in total. The molecule has 3 aromatic carbocycles. The zero-order chi connectivity index (χ0) is 38.4. The number of rotatable bonds is 18. The van der Waals surface area contributed by atoms with Gasteiger partial charge in [0.25, 0.3) is 11.8 Å². The molecule has 0 saturated carbocycles. The Morgan fingerprint density at radius 2 is 1.40 bits per heavy atom. The molecule has 4 atom stereocenters. The summed E-state index contributed by atoms with van der Waals surface area (Å²) < 4.78 is 26.0. The number of carbonyl (C=O) groups is 4. The molecule has 278 valence electrons. The standard InChI is InChI=1S/C38H49N7O6S/c1-7-40-38(49)34(25(2)3)44-37(48)33(18-19-39)41-24-31(20-27-14-10-8-11-15-27)43-36(47)30-21-29(22-32(23-30)45(5)52(6,50)51)35(46)42-26(4)28-16-12-9-13-17-28/h8-17,21-23,25-26,31,33-34,41H,7,18,20,24H2,1-6H3,(H,40,49)(H,42,46)(H,43,47)(H,44,48)/t26-,31+,33+,34+/m1/s1. The van der Waals surface area contributed by atoms with E-state index >= 15 is 0 Å². The molecule has 0 heterocycles. The van der Waals surface area contributed by atoms with Gasteiger partial charge in [-0.05, 0) is 55.5 Å². The van der Waals surface area contributed by atoms with Gasteiger partial charge in [-0.1, -0.05) is 74.5 Å². The summed E-state index contributed by atoms with van der Waals surface area (Å²) in [6, 6.07) is 22.0. The highest BCUT2D eigenvalue weighted by atomic mass is 32.2. The summed E-state index contributed by atoms with van der Waals surface area (Å²) in [4.78, 5) is 53.4. The Kier molecular flexibility index (Phi) is 15.3. The number of amides is 4. The molecule has 0 aliphatic heterocycles. The molecule has 0 fully saturated rings. The van der Waals surface area contributed by atoms with E-state index in [1.165, 1.54) is 25.2 Å². The van der Waals surface area contributed by atoms with Gasteiger partial charge in [0.2, 0.25) is 21.8 Å². The first-order chi connectivity index (χ1) is 24.6. The molecular formula is C38H49N7O6S. The van der Waals surface area contributed by atoms with Gasteiger partial charge >= 0.3 is 0 Å². The van der Waals surface area contributed by atoms with Crippen LogP contribution >= 0.6 is 0 Å². The van der Waals surface area contributed by atoms with Gasteiger partial charge in [0.1, 0.15) is 6.04 Å². The number of hydrogen-bond acceptors (Lipinski definition) is 8. The van der Waals surface area contributed by atoms with Crippen LogP contribution in [0.25, 0.3) is 0 Å². The zero-order valence-electron chi connectivity index (χ0n) is 30.5. The molecule has 0 unspecified atom stereocenters. The summed E-state index contributed by atoms with van der Waals surface area (Å²) in [5.74, 6) is -2.17. The highest BCUT2D eigenvalue weighted by Crippen LogP contribution is 2.22. The fourth-order valence-corrected chi connectivity index (χ4v) is 5.89. The van der Waals surface area contributed by atoms with Crippen LogP contribution in [0.15, 0.2) is 78.9 Å². The van der Waals surface area contributed by atoms with Gasteiger partial charge in [-0.3, -0.25) is 23.5 Å². The predicted octanol–water partition coefficient (Wildman–Crippen LogP) is 3.06. The van der Waals surface area contributed by atoms with Crippen LogP contribution in [-0.4, -0.2) is 76.6 Å². The molecule has 14 heteroatoms. The molecule has 0 radical (unpaired) electrons. The average Bonchev–Trinajstić information content (AvgIpc) is 3.11. The van der Waals surface area contributed by atoms with E-state index in [1.807, 2.05) is 73.7 Å². The number of carbonyl (C=O) groups excluding carboxylic acids is 4. The second-order valence-corrected chi connectivity index (χ2v) is 14.9. The van der Waals surface area contributed by atoms with E-state index in [2.05, 4.69) is 26.6 Å². The van der Waals surface area contributed by atoms with Crippen molar-refractivity contribution >= 4 is 39.3 Å². The molecule has 5 N–H and O–H groups in total. The van der Waals surface area contributed by atoms with Gasteiger partial charge in [-0.15, -0.1) is 0 Å². The van der Waals surface area contributed by atoms with E-state index in [9.17, 15) is 32.9 Å². The maximum Gasteiger partial charge on any atom is 0.251 e. The minimum Gasteiger partial charge on any atom is -0.355 e. The van der Waals surface area contributed by atoms with Crippen molar-refractivity contribution < 1.29 is 27.6 Å². The number of sulfonamides is 1. The molecule has 4 amide bonds. The molecule has 0 aliphatic carbocycles. The minimum atomic E-state index is -3.75. The number of anilines is 1. The van der Waals surface area contributed by atoms with E-state index in [0.717, 1.165) is 21.7 Å². The zero-order valence-corrected chi connectivity index (χ0v) is 31.3. The Labute approximate surface area is 306 Å². The second-order valence-electron chi connectivity index (χ2n) is 12.9. The number of nitrogens with zero attached hydrogens (tertiary/aromatic N) is 2. The van der Waals surface area contributed by atoms with Crippen molar-refractivity contribution in [3.05, 3.63) is 101 Å². The van der Waals surface area contributed by atoms with Gasteiger partial charge in [0, 0.05) is 37.3 Å². The molecule has 3 rings (SSSR count). The van der Waals surface area contributed by atoms with E-state index in [-0.39, 0.29) is 47.6 Å². The van der Waals surface area contributed by atoms with Crippen molar-refractivity contribution in [1.82, 2.24) is 26.6 Å². The summed E-state index contributed by atoms with van der Waals surface area (Å²) >= 11 is 0.